The summed E-state index contributed by atoms with van der Waals surface area (Å²) in [5, 5.41) is 2.78. The number of anilines is 1. The zero-order valence-electron chi connectivity index (χ0n) is 8.54. The lowest BCUT2D eigenvalue weighted by atomic mass is 10.1. The van der Waals surface area contributed by atoms with Gasteiger partial charge in [0.15, 0.2) is 0 Å². The van der Waals surface area contributed by atoms with Crippen LogP contribution in [0.5, 0.6) is 0 Å². The standard InChI is InChI=1S/C11H11FN2O/c1-7-10(14-11(13-2)15-7)8-5-3-4-6-9(8)12/h3-6H,1-2H3,(H,13,14). The average molecular weight is 206 g/mol. The molecule has 0 unspecified atom stereocenters. The van der Waals surface area contributed by atoms with Gasteiger partial charge in [0.1, 0.15) is 17.3 Å². The quantitative estimate of drug-likeness (QED) is 0.821. The van der Waals surface area contributed by atoms with E-state index in [0.29, 0.717) is 23.0 Å². The molecule has 0 bridgehead atoms. The highest BCUT2D eigenvalue weighted by Gasteiger charge is 2.13. The summed E-state index contributed by atoms with van der Waals surface area (Å²) in [6.45, 7) is 1.76. The number of rotatable bonds is 2. The largest absolute Gasteiger partial charge is 0.428 e. The van der Waals surface area contributed by atoms with E-state index >= 15 is 0 Å². The third kappa shape index (κ3) is 1.70. The molecule has 1 N–H and O–H groups in total. The third-order valence-corrected chi connectivity index (χ3v) is 2.14. The second kappa shape index (κ2) is 3.73. The van der Waals surface area contributed by atoms with Gasteiger partial charge in [-0.2, -0.15) is 4.98 Å². The van der Waals surface area contributed by atoms with Crippen LogP contribution >= 0.6 is 0 Å². The van der Waals surface area contributed by atoms with Crippen molar-refractivity contribution >= 4 is 6.01 Å². The van der Waals surface area contributed by atoms with Gasteiger partial charge in [0.25, 0.3) is 6.01 Å². The smallest absolute Gasteiger partial charge is 0.295 e. The van der Waals surface area contributed by atoms with E-state index in [1.165, 1.54) is 6.07 Å². The molecule has 0 fully saturated rings. The van der Waals surface area contributed by atoms with Gasteiger partial charge in [-0.1, -0.05) is 12.1 Å². The molecule has 3 nitrogen and oxygen atoms in total. The molecule has 0 spiro atoms. The minimum absolute atomic E-state index is 0.295. The van der Waals surface area contributed by atoms with Crippen molar-refractivity contribution < 1.29 is 8.81 Å². The Bertz CT molecular complexity index is 479. The summed E-state index contributed by atoms with van der Waals surface area (Å²) in [6, 6.07) is 6.90. The molecular formula is C11H11FN2O. The Morgan fingerprint density at radius 1 is 1.33 bits per heavy atom. The van der Waals surface area contributed by atoms with E-state index < -0.39 is 0 Å². The Labute approximate surface area is 86.9 Å². The molecule has 78 valence electrons. The third-order valence-electron chi connectivity index (χ3n) is 2.14. The number of halogens is 1. The Morgan fingerprint density at radius 3 is 2.67 bits per heavy atom. The van der Waals surface area contributed by atoms with Crippen LogP contribution in [0.1, 0.15) is 5.76 Å². The fraction of sp³-hybridized carbons (Fsp3) is 0.182. The SMILES string of the molecule is CNc1nc(-c2ccccc2F)c(C)o1. The molecule has 0 amide bonds. The van der Waals surface area contributed by atoms with Crippen LogP contribution in [0.2, 0.25) is 0 Å². The molecule has 15 heavy (non-hydrogen) atoms. The van der Waals surface area contributed by atoms with E-state index in [1.807, 2.05) is 0 Å². The van der Waals surface area contributed by atoms with E-state index in [4.69, 9.17) is 4.42 Å². The van der Waals surface area contributed by atoms with Crippen molar-refractivity contribution in [3.05, 3.63) is 35.8 Å². The minimum atomic E-state index is -0.295. The van der Waals surface area contributed by atoms with Gasteiger partial charge in [-0.3, -0.25) is 0 Å². The highest BCUT2D eigenvalue weighted by atomic mass is 19.1. The van der Waals surface area contributed by atoms with E-state index in [-0.39, 0.29) is 5.82 Å². The lowest BCUT2D eigenvalue weighted by Gasteiger charge is -1.98. The molecule has 0 atom stereocenters. The topological polar surface area (TPSA) is 38.1 Å². The van der Waals surface area contributed by atoms with Crippen LogP contribution in [0.15, 0.2) is 28.7 Å². The Balaban J connectivity index is 2.54. The van der Waals surface area contributed by atoms with Gasteiger partial charge in [-0.15, -0.1) is 0 Å². The molecular weight excluding hydrogens is 195 g/mol. The maximum Gasteiger partial charge on any atom is 0.295 e. The second-order valence-corrected chi connectivity index (χ2v) is 3.15. The molecule has 1 heterocycles. The molecule has 0 aliphatic heterocycles. The molecule has 0 radical (unpaired) electrons. The lowest BCUT2D eigenvalue weighted by molar-refractivity contribution is 0.544. The van der Waals surface area contributed by atoms with E-state index in [0.717, 1.165) is 0 Å². The summed E-state index contributed by atoms with van der Waals surface area (Å²) in [4.78, 5) is 4.14. The minimum Gasteiger partial charge on any atom is -0.428 e. The van der Waals surface area contributed by atoms with Crippen molar-refractivity contribution in [2.75, 3.05) is 12.4 Å². The maximum atomic E-state index is 13.5. The zero-order valence-corrected chi connectivity index (χ0v) is 8.54. The van der Waals surface area contributed by atoms with Crippen molar-refractivity contribution in [3.63, 3.8) is 0 Å². The van der Waals surface area contributed by atoms with Crippen LogP contribution in [0.4, 0.5) is 10.4 Å². The van der Waals surface area contributed by atoms with Crippen LogP contribution in [-0.2, 0) is 0 Å². The zero-order chi connectivity index (χ0) is 10.8. The molecule has 2 aromatic rings. The molecule has 0 aliphatic rings. The Morgan fingerprint density at radius 2 is 2.07 bits per heavy atom. The molecule has 0 aliphatic carbocycles. The van der Waals surface area contributed by atoms with Gasteiger partial charge in [-0.25, -0.2) is 4.39 Å². The molecule has 0 saturated carbocycles. The van der Waals surface area contributed by atoms with Crippen LogP contribution < -0.4 is 5.32 Å². The molecule has 1 aromatic carbocycles. The number of aromatic nitrogens is 1. The number of oxazole rings is 1. The average Bonchev–Trinajstić information content (AvgIpc) is 2.60. The van der Waals surface area contributed by atoms with Gasteiger partial charge in [0.2, 0.25) is 0 Å². The summed E-state index contributed by atoms with van der Waals surface area (Å²) in [7, 11) is 1.70. The molecule has 0 saturated heterocycles. The summed E-state index contributed by atoms with van der Waals surface area (Å²) >= 11 is 0. The monoisotopic (exact) mass is 206 g/mol. The summed E-state index contributed by atoms with van der Waals surface area (Å²) < 4.78 is 18.8. The first kappa shape index (κ1) is 9.71. The lowest BCUT2D eigenvalue weighted by Crippen LogP contribution is -1.88. The van der Waals surface area contributed by atoms with Crippen molar-refractivity contribution in [2.24, 2.45) is 0 Å². The van der Waals surface area contributed by atoms with Crippen LogP contribution in [0.3, 0.4) is 0 Å². The number of benzene rings is 1. The number of nitrogens with one attached hydrogen (secondary N) is 1. The Hall–Kier alpha value is -1.84. The fourth-order valence-electron chi connectivity index (χ4n) is 1.41. The van der Waals surface area contributed by atoms with E-state index in [1.54, 1.807) is 32.2 Å². The summed E-state index contributed by atoms with van der Waals surface area (Å²) in [6.07, 6.45) is 0. The summed E-state index contributed by atoms with van der Waals surface area (Å²) in [5.74, 6) is 0.306. The number of nitrogens with zero attached hydrogens (tertiary/aromatic N) is 1. The highest BCUT2D eigenvalue weighted by molar-refractivity contribution is 5.63. The first-order valence-electron chi connectivity index (χ1n) is 4.62. The van der Waals surface area contributed by atoms with E-state index in [2.05, 4.69) is 10.3 Å². The van der Waals surface area contributed by atoms with Crippen LogP contribution in [0, 0.1) is 12.7 Å². The van der Waals surface area contributed by atoms with E-state index in [9.17, 15) is 4.39 Å². The van der Waals surface area contributed by atoms with Crippen LogP contribution in [-0.4, -0.2) is 12.0 Å². The maximum absolute atomic E-state index is 13.5. The molecule has 1 aromatic heterocycles. The van der Waals surface area contributed by atoms with Crippen molar-refractivity contribution in [1.29, 1.82) is 0 Å². The predicted molar refractivity (Wildman–Crippen MR) is 56.2 cm³/mol. The van der Waals surface area contributed by atoms with Crippen LogP contribution in [0.25, 0.3) is 11.3 Å². The fourth-order valence-corrected chi connectivity index (χ4v) is 1.41. The molecule has 4 heteroatoms. The van der Waals surface area contributed by atoms with Crippen molar-refractivity contribution in [1.82, 2.24) is 4.98 Å². The van der Waals surface area contributed by atoms with Crippen molar-refractivity contribution in [3.8, 4) is 11.3 Å². The highest BCUT2D eigenvalue weighted by Crippen LogP contribution is 2.27. The number of hydrogen-bond donors (Lipinski definition) is 1. The number of aryl methyl sites for hydroxylation is 1. The molecule has 2 rings (SSSR count). The first-order chi connectivity index (χ1) is 7.22. The number of hydrogen-bond acceptors (Lipinski definition) is 3. The van der Waals surface area contributed by atoms with Gasteiger partial charge in [0.05, 0.1) is 0 Å². The summed E-state index contributed by atoms with van der Waals surface area (Å²) in [5.41, 5.74) is 0.998. The normalized spacial score (nSPS) is 10.3. The van der Waals surface area contributed by atoms with Gasteiger partial charge < -0.3 is 9.73 Å². The predicted octanol–water partition coefficient (Wildman–Crippen LogP) is 2.83. The van der Waals surface area contributed by atoms with Gasteiger partial charge >= 0.3 is 0 Å². The van der Waals surface area contributed by atoms with Crippen molar-refractivity contribution in [2.45, 2.75) is 6.92 Å². The van der Waals surface area contributed by atoms with Gasteiger partial charge in [0, 0.05) is 12.6 Å². The second-order valence-electron chi connectivity index (χ2n) is 3.15. The first-order valence-corrected chi connectivity index (χ1v) is 4.62. The van der Waals surface area contributed by atoms with Gasteiger partial charge in [-0.05, 0) is 19.1 Å². The Kier molecular flexibility index (Phi) is 2.41.